The highest BCUT2D eigenvalue weighted by atomic mass is 16.3. The number of piperazine rings is 1. The molecule has 124 valence electrons. The maximum atomic E-state index is 10.8. The molecule has 2 N–H and O–H groups in total. The molecular weight excluding hydrogens is 276 g/mol. The molecule has 2 heterocycles. The summed E-state index contributed by atoms with van der Waals surface area (Å²) in [6.07, 6.45) is 0. The maximum absolute atomic E-state index is 10.8. The van der Waals surface area contributed by atoms with Gasteiger partial charge in [-0.15, -0.1) is 0 Å². The van der Waals surface area contributed by atoms with E-state index in [4.69, 9.17) is 4.98 Å². The zero-order valence-corrected chi connectivity index (χ0v) is 14.6. The predicted octanol–water partition coefficient (Wildman–Crippen LogP) is 1.43. The van der Waals surface area contributed by atoms with Crippen molar-refractivity contribution in [1.82, 2.24) is 15.2 Å². The van der Waals surface area contributed by atoms with Gasteiger partial charge in [-0.2, -0.15) is 0 Å². The molecule has 1 atom stereocenters. The molecule has 0 aliphatic carbocycles. The Bertz CT molecular complexity index is 488. The lowest BCUT2D eigenvalue weighted by atomic mass is 9.99. The van der Waals surface area contributed by atoms with Crippen LogP contribution in [0.2, 0.25) is 0 Å². The molecule has 0 bridgehead atoms. The van der Waals surface area contributed by atoms with Crippen molar-refractivity contribution < 1.29 is 5.11 Å². The van der Waals surface area contributed by atoms with Gasteiger partial charge >= 0.3 is 0 Å². The zero-order chi connectivity index (χ0) is 16.4. The molecule has 0 spiro atoms. The van der Waals surface area contributed by atoms with Crippen molar-refractivity contribution in [3.63, 3.8) is 0 Å². The van der Waals surface area contributed by atoms with Crippen LogP contribution in [-0.2, 0) is 5.60 Å². The van der Waals surface area contributed by atoms with Gasteiger partial charge in [-0.25, -0.2) is 4.98 Å². The second-order valence-corrected chi connectivity index (χ2v) is 7.55. The number of likely N-dealkylation sites (N-methyl/N-ethyl adjacent to an activating group) is 1. The summed E-state index contributed by atoms with van der Waals surface area (Å²) in [4.78, 5) is 9.32. The van der Waals surface area contributed by atoms with E-state index in [9.17, 15) is 5.11 Å². The number of nitrogens with zero attached hydrogens (tertiary/aromatic N) is 3. The van der Waals surface area contributed by atoms with Gasteiger partial charge in [0.2, 0.25) is 0 Å². The Morgan fingerprint density at radius 1 is 1.14 bits per heavy atom. The van der Waals surface area contributed by atoms with Crippen LogP contribution in [0.4, 0.5) is 5.82 Å². The standard InChI is InChI=1S/C17H30N4O/c1-16(2,3)18-13-17(4,22)14-7-6-8-15(19-14)21-11-9-20(5)10-12-21/h6-8,18,22H,9-13H2,1-5H3. The van der Waals surface area contributed by atoms with Gasteiger partial charge in [0, 0.05) is 38.3 Å². The third-order valence-electron chi connectivity index (χ3n) is 4.08. The largest absolute Gasteiger partial charge is 0.383 e. The van der Waals surface area contributed by atoms with Crippen LogP contribution in [-0.4, -0.2) is 60.3 Å². The minimum Gasteiger partial charge on any atom is -0.383 e. The fourth-order valence-electron chi connectivity index (χ4n) is 2.46. The average molecular weight is 306 g/mol. The Hall–Kier alpha value is -1.17. The van der Waals surface area contributed by atoms with Crippen LogP contribution in [0.3, 0.4) is 0 Å². The second kappa shape index (κ2) is 6.52. The molecule has 0 radical (unpaired) electrons. The first-order chi connectivity index (χ1) is 10.2. The Morgan fingerprint density at radius 2 is 1.77 bits per heavy atom. The lowest BCUT2D eigenvalue weighted by Gasteiger charge is -2.34. The number of hydrogen-bond acceptors (Lipinski definition) is 5. The van der Waals surface area contributed by atoms with Crippen LogP contribution in [0.15, 0.2) is 18.2 Å². The fourth-order valence-corrected chi connectivity index (χ4v) is 2.46. The van der Waals surface area contributed by atoms with E-state index in [-0.39, 0.29) is 5.54 Å². The van der Waals surface area contributed by atoms with E-state index in [0.717, 1.165) is 37.7 Å². The fraction of sp³-hybridized carbons (Fsp3) is 0.706. The molecule has 5 nitrogen and oxygen atoms in total. The quantitative estimate of drug-likeness (QED) is 0.881. The number of aliphatic hydroxyl groups is 1. The van der Waals surface area contributed by atoms with Crippen LogP contribution < -0.4 is 10.2 Å². The zero-order valence-electron chi connectivity index (χ0n) is 14.6. The van der Waals surface area contributed by atoms with Gasteiger partial charge in [-0.3, -0.25) is 0 Å². The topological polar surface area (TPSA) is 51.6 Å². The van der Waals surface area contributed by atoms with Gasteiger partial charge in [0.15, 0.2) is 0 Å². The maximum Gasteiger partial charge on any atom is 0.129 e. The van der Waals surface area contributed by atoms with Gasteiger partial charge in [0.25, 0.3) is 0 Å². The highest BCUT2D eigenvalue weighted by Crippen LogP contribution is 2.22. The molecular formula is C17H30N4O. The first-order valence-electron chi connectivity index (χ1n) is 8.06. The van der Waals surface area contributed by atoms with Crippen molar-refractivity contribution in [2.24, 2.45) is 0 Å². The van der Waals surface area contributed by atoms with Crippen molar-refractivity contribution in [3.05, 3.63) is 23.9 Å². The molecule has 1 saturated heterocycles. The van der Waals surface area contributed by atoms with E-state index in [1.54, 1.807) is 0 Å². The molecule has 0 amide bonds. The Labute approximate surface area is 134 Å². The molecule has 0 aromatic carbocycles. The van der Waals surface area contributed by atoms with Gasteiger partial charge in [-0.05, 0) is 46.9 Å². The average Bonchev–Trinajstić information content (AvgIpc) is 2.46. The van der Waals surface area contributed by atoms with E-state index in [0.29, 0.717) is 6.54 Å². The normalized spacial score (nSPS) is 20.0. The number of hydrogen-bond donors (Lipinski definition) is 2. The summed E-state index contributed by atoms with van der Waals surface area (Å²) in [5.41, 5.74) is -0.282. The van der Waals surface area contributed by atoms with E-state index in [1.807, 2.05) is 25.1 Å². The summed E-state index contributed by atoms with van der Waals surface area (Å²) >= 11 is 0. The van der Waals surface area contributed by atoms with Crippen molar-refractivity contribution in [2.45, 2.75) is 38.8 Å². The number of aromatic nitrogens is 1. The lowest BCUT2D eigenvalue weighted by Crippen LogP contribution is -2.46. The molecule has 1 fully saturated rings. The first kappa shape index (κ1) is 17.2. The van der Waals surface area contributed by atoms with Crippen molar-refractivity contribution in [3.8, 4) is 0 Å². The smallest absolute Gasteiger partial charge is 0.129 e. The highest BCUT2D eigenvalue weighted by molar-refractivity contribution is 5.40. The van der Waals surface area contributed by atoms with E-state index >= 15 is 0 Å². The predicted molar refractivity (Wildman–Crippen MR) is 91.3 cm³/mol. The molecule has 1 aliphatic heterocycles. The van der Waals surface area contributed by atoms with Gasteiger partial charge in [0.05, 0.1) is 5.69 Å². The lowest BCUT2D eigenvalue weighted by molar-refractivity contribution is 0.0459. The second-order valence-electron chi connectivity index (χ2n) is 7.55. The van der Waals surface area contributed by atoms with E-state index < -0.39 is 5.60 Å². The van der Waals surface area contributed by atoms with Gasteiger partial charge < -0.3 is 20.2 Å². The molecule has 0 saturated carbocycles. The summed E-state index contributed by atoms with van der Waals surface area (Å²) in [7, 11) is 2.14. The molecule has 22 heavy (non-hydrogen) atoms. The van der Waals surface area contributed by atoms with Crippen LogP contribution in [0.1, 0.15) is 33.4 Å². The molecule has 1 aromatic rings. The number of anilines is 1. The summed E-state index contributed by atoms with van der Waals surface area (Å²) in [6.45, 7) is 12.6. The number of pyridine rings is 1. The summed E-state index contributed by atoms with van der Waals surface area (Å²) in [5, 5.41) is 14.1. The van der Waals surface area contributed by atoms with E-state index in [2.05, 4.69) is 42.9 Å². The van der Waals surface area contributed by atoms with Crippen LogP contribution in [0.25, 0.3) is 0 Å². The Morgan fingerprint density at radius 3 is 2.36 bits per heavy atom. The highest BCUT2D eigenvalue weighted by Gasteiger charge is 2.27. The van der Waals surface area contributed by atoms with Crippen molar-refractivity contribution >= 4 is 5.82 Å². The minimum atomic E-state index is -0.976. The Balaban J connectivity index is 2.10. The van der Waals surface area contributed by atoms with Crippen LogP contribution in [0, 0.1) is 0 Å². The minimum absolute atomic E-state index is 0.0287. The molecule has 2 rings (SSSR count). The third-order valence-corrected chi connectivity index (χ3v) is 4.08. The summed E-state index contributed by atoms with van der Waals surface area (Å²) in [5.74, 6) is 0.960. The molecule has 5 heteroatoms. The molecule has 1 aliphatic rings. The van der Waals surface area contributed by atoms with Crippen molar-refractivity contribution in [1.29, 1.82) is 0 Å². The van der Waals surface area contributed by atoms with Gasteiger partial charge in [-0.1, -0.05) is 6.07 Å². The van der Waals surface area contributed by atoms with Crippen molar-refractivity contribution in [2.75, 3.05) is 44.7 Å². The number of nitrogens with one attached hydrogen (secondary N) is 1. The monoisotopic (exact) mass is 306 g/mol. The summed E-state index contributed by atoms with van der Waals surface area (Å²) in [6, 6.07) is 5.92. The van der Waals surface area contributed by atoms with E-state index in [1.165, 1.54) is 0 Å². The number of rotatable bonds is 4. The first-order valence-corrected chi connectivity index (χ1v) is 8.06. The number of β-amino-alcohol motifs (C(OH)–C–C–N with tert-alkyl or cyclic N) is 1. The Kier molecular flexibility index (Phi) is 5.10. The molecule has 1 unspecified atom stereocenters. The SMILES string of the molecule is CN1CCN(c2cccc(C(C)(O)CNC(C)(C)C)n2)CC1. The summed E-state index contributed by atoms with van der Waals surface area (Å²) < 4.78 is 0. The van der Waals surface area contributed by atoms with Crippen LogP contribution >= 0.6 is 0 Å². The third kappa shape index (κ3) is 4.66. The molecule has 1 aromatic heterocycles. The van der Waals surface area contributed by atoms with Gasteiger partial charge in [0.1, 0.15) is 11.4 Å². The van der Waals surface area contributed by atoms with Crippen LogP contribution in [0.5, 0.6) is 0 Å².